The Morgan fingerprint density at radius 3 is 2.62 bits per heavy atom. The van der Waals surface area contributed by atoms with Crippen LogP contribution in [0.4, 0.5) is 5.13 Å². The van der Waals surface area contributed by atoms with Crippen LogP contribution < -0.4 is 10.2 Å². The molecule has 1 aliphatic carbocycles. The summed E-state index contributed by atoms with van der Waals surface area (Å²) in [4.78, 5) is 19.4. The smallest absolute Gasteiger partial charge is 0.220 e. The fourth-order valence-corrected chi connectivity index (χ4v) is 5.32. The third-order valence-corrected chi connectivity index (χ3v) is 7.05. The van der Waals surface area contributed by atoms with Crippen molar-refractivity contribution in [3.63, 3.8) is 0 Å². The van der Waals surface area contributed by atoms with Crippen LogP contribution in [0.2, 0.25) is 0 Å². The molecule has 0 spiro atoms. The van der Waals surface area contributed by atoms with Crippen LogP contribution in [-0.4, -0.2) is 30.5 Å². The second-order valence-corrected chi connectivity index (χ2v) is 8.92. The van der Waals surface area contributed by atoms with Gasteiger partial charge in [-0.3, -0.25) is 4.79 Å². The number of rotatable bonds is 5. The molecule has 1 saturated carbocycles. The van der Waals surface area contributed by atoms with Crippen LogP contribution >= 0.6 is 11.3 Å². The van der Waals surface area contributed by atoms with Crippen molar-refractivity contribution < 1.29 is 4.79 Å². The molecule has 4 rings (SSSR count). The predicted molar refractivity (Wildman–Crippen MR) is 109 cm³/mol. The van der Waals surface area contributed by atoms with Crippen LogP contribution in [0.5, 0.6) is 0 Å². The Balaban J connectivity index is 1.21. The molecule has 1 aliphatic heterocycles. The molecule has 1 aromatic heterocycles. The SMILES string of the molecule is O=C(CC1CCCCC1)NCC1CCN(c2nc3ccccc3s2)CC1. The first-order valence-corrected chi connectivity index (χ1v) is 11.0. The van der Waals surface area contributed by atoms with Crippen molar-refractivity contribution in [3.8, 4) is 0 Å². The number of amides is 1. The molecule has 2 fully saturated rings. The van der Waals surface area contributed by atoms with Crippen LogP contribution in [0.3, 0.4) is 0 Å². The Bertz CT molecular complexity index is 697. The summed E-state index contributed by atoms with van der Waals surface area (Å²) < 4.78 is 1.26. The number of anilines is 1. The van der Waals surface area contributed by atoms with Crippen molar-refractivity contribution in [1.29, 1.82) is 0 Å². The van der Waals surface area contributed by atoms with Gasteiger partial charge in [-0.05, 0) is 49.7 Å². The molecule has 0 bridgehead atoms. The molecular formula is C21H29N3OS. The summed E-state index contributed by atoms with van der Waals surface area (Å²) in [6, 6.07) is 8.36. The van der Waals surface area contributed by atoms with E-state index in [9.17, 15) is 4.79 Å². The number of hydrogen-bond donors (Lipinski definition) is 1. The number of fused-ring (bicyclic) bond motifs is 1. The number of nitrogens with zero attached hydrogens (tertiary/aromatic N) is 2. The molecule has 2 aliphatic rings. The molecule has 2 aromatic rings. The number of aromatic nitrogens is 1. The maximum Gasteiger partial charge on any atom is 0.220 e. The summed E-state index contributed by atoms with van der Waals surface area (Å²) in [5.41, 5.74) is 1.10. The first-order chi connectivity index (χ1) is 12.8. The van der Waals surface area contributed by atoms with Gasteiger partial charge in [-0.25, -0.2) is 4.98 Å². The fourth-order valence-electron chi connectivity index (χ4n) is 4.31. The minimum atomic E-state index is 0.269. The van der Waals surface area contributed by atoms with E-state index in [0.29, 0.717) is 11.8 Å². The van der Waals surface area contributed by atoms with Crippen LogP contribution in [0.15, 0.2) is 24.3 Å². The number of thiazole rings is 1. The lowest BCUT2D eigenvalue weighted by Gasteiger charge is -2.32. The van der Waals surface area contributed by atoms with Gasteiger partial charge in [0.15, 0.2) is 5.13 Å². The topological polar surface area (TPSA) is 45.2 Å². The van der Waals surface area contributed by atoms with E-state index in [1.807, 2.05) is 6.07 Å². The molecule has 1 amide bonds. The van der Waals surface area contributed by atoms with Crippen molar-refractivity contribution in [1.82, 2.24) is 10.3 Å². The van der Waals surface area contributed by atoms with E-state index in [-0.39, 0.29) is 5.91 Å². The van der Waals surface area contributed by atoms with E-state index >= 15 is 0 Å². The van der Waals surface area contributed by atoms with Crippen LogP contribution in [0.1, 0.15) is 51.4 Å². The van der Waals surface area contributed by atoms with E-state index in [0.717, 1.165) is 49.5 Å². The molecule has 0 radical (unpaired) electrons. The maximum atomic E-state index is 12.2. The van der Waals surface area contributed by atoms with Crippen molar-refractivity contribution in [2.75, 3.05) is 24.5 Å². The Kier molecular flexibility index (Phi) is 5.73. The number of piperidine rings is 1. The van der Waals surface area contributed by atoms with Crippen molar-refractivity contribution in [2.24, 2.45) is 11.8 Å². The molecule has 4 nitrogen and oxygen atoms in total. The molecule has 1 saturated heterocycles. The van der Waals surface area contributed by atoms with Gasteiger partial charge in [0.1, 0.15) is 0 Å². The Hall–Kier alpha value is -1.62. The Morgan fingerprint density at radius 1 is 1.08 bits per heavy atom. The Morgan fingerprint density at radius 2 is 1.85 bits per heavy atom. The van der Waals surface area contributed by atoms with Crippen LogP contribution in [0, 0.1) is 11.8 Å². The largest absolute Gasteiger partial charge is 0.356 e. The molecule has 1 aromatic carbocycles. The van der Waals surface area contributed by atoms with Gasteiger partial charge >= 0.3 is 0 Å². The van der Waals surface area contributed by atoms with Crippen molar-refractivity contribution >= 4 is 32.6 Å². The second kappa shape index (κ2) is 8.38. The summed E-state index contributed by atoms with van der Waals surface area (Å²) in [5, 5.41) is 4.35. The fraction of sp³-hybridized carbons (Fsp3) is 0.619. The van der Waals surface area contributed by atoms with Gasteiger partial charge in [0.25, 0.3) is 0 Å². The van der Waals surface area contributed by atoms with Crippen LogP contribution in [0.25, 0.3) is 10.2 Å². The molecule has 26 heavy (non-hydrogen) atoms. The zero-order valence-electron chi connectivity index (χ0n) is 15.5. The van der Waals surface area contributed by atoms with Gasteiger partial charge < -0.3 is 10.2 Å². The lowest BCUT2D eigenvalue weighted by atomic mass is 9.87. The number of nitrogens with one attached hydrogen (secondary N) is 1. The quantitative estimate of drug-likeness (QED) is 0.835. The van der Waals surface area contributed by atoms with Gasteiger partial charge in [-0.2, -0.15) is 0 Å². The monoisotopic (exact) mass is 371 g/mol. The van der Waals surface area contributed by atoms with Gasteiger partial charge in [0, 0.05) is 26.1 Å². The number of carbonyl (C=O) groups is 1. The predicted octanol–water partition coefficient (Wildman–Crippen LogP) is 4.60. The summed E-state index contributed by atoms with van der Waals surface area (Å²) in [6.45, 7) is 2.94. The molecule has 1 N–H and O–H groups in total. The maximum absolute atomic E-state index is 12.2. The van der Waals surface area contributed by atoms with Crippen molar-refractivity contribution in [3.05, 3.63) is 24.3 Å². The first kappa shape index (κ1) is 17.8. The summed E-state index contributed by atoms with van der Waals surface area (Å²) in [7, 11) is 0. The number of hydrogen-bond acceptors (Lipinski definition) is 4. The van der Waals surface area contributed by atoms with Gasteiger partial charge in [-0.1, -0.05) is 42.7 Å². The minimum absolute atomic E-state index is 0.269. The average Bonchev–Trinajstić information content (AvgIpc) is 3.12. The lowest BCUT2D eigenvalue weighted by molar-refractivity contribution is -0.122. The number of carbonyl (C=O) groups excluding carboxylic acids is 1. The highest BCUT2D eigenvalue weighted by molar-refractivity contribution is 7.22. The Labute approximate surface area is 160 Å². The van der Waals surface area contributed by atoms with Crippen molar-refractivity contribution in [2.45, 2.75) is 51.4 Å². The highest BCUT2D eigenvalue weighted by Crippen LogP contribution is 2.31. The summed E-state index contributed by atoms with van der Waals surface area (Å²) in [6.07, 6.45) is 9.47. The molecule has 5 heteroatoms. The molecule has 140 valence electrons. The zero-order chi connectivity index (χ0) is 17.8. The van der Waals surface area contributed by atoms with Gasteiger partial charge in [0.2, 0.25) is 5.91 Å². The minimum Gasteiger partial charge on any atom is -0.356 e. The highest BCUT2D eigenvalue weighted by Gasteiger charge is 2.23. The summed E-state index contributed by atoms with van der Waals surface area (Å²) in [5.74, 6) is 1.51. The first-order valence-electron chi connectivity index (χ1n) is 10.1. The normalized spacial score (nSPS) is 19.8. The lowest BCUT2D eigenvalue weighted by Crippen LogP contribution is -2.39. The van der Waals surface area contributed by atoms with E-state index in [1.54, 1.807) is 11.3 Å². The van der Waals surface area contributed by atoms with Gasteiger partial charge in [-0.15, -0.1) is 0 Å². The molecule has 2 heterocycles. The molecule has 0 atom stereocenters. The van der Waals surface area contributed by atoms with Gasteiger partial charge in [0.05, 0.1) is 10.2 Å². The number of para-hydroxylation sites is 1. The van der Waals surface area contributed by atoms with E-state index in [2.05, 4.69) is 28.4 Å². The molecular weight excluding hydrogens is 342 g/mol. The second-order valence-electron chi connectivity index (χ2n) is 7.91. The summed E-state index contributed by atoms with van der Waals surface area (Å²) >= 11 is 1.79. The van der Waals surface area contributed by atoms with E-state index in [4.69, 9.17) is 4.98 Å². The third-order valence-electron chi connectivity index (χ3n) is 5.95. The third kappa shape index (κ3) is 4.37. The molecule has 0 unspecified atom stereocenters. The van der Waals surface area contributed by atoms with E-state index < -0.39 is 0 Å². The zero-order valence-corrected chi connectivity index (χ0v) is 16.3. The highest BCUT2D eigenvalue weighted by atomic mass is 32.1. The standard InChI is InChI=1S/C21H29N3OS/c25-20(14-16-6-2-1-3-7-16)22-15-17-10-12-24(13-11-17)21-23-18-8-4-5-9-19(18)26-21/h4-5,8-9,16-17H,1-3,6-7,10-15H2,(H,22,25). The van der Waals surface area contributed by atoms with E-state index in [1.165, 1.54) is 36.8 Å². The average molecular weight is 372 g/mol. The number of benzene rings is 1. The van der Waals surface area contributed by atoms with Crippen LogP contribution in [-0.2, 0) is 4.79 Å².